The highest BCUT2D eigenvalue weighted by Gasteiger charge is 2.24. The number of carboxylic acid groups (broad SMARTS) is 1. The molecular formula is C10H18N2O4S. The molecule has 1 saturated heterocycles. The van der Waals surface area contributed by atoms with Crippen molar-refractivity contribution in [3.63, 3.8) is 0 Å². The third-order valence-corrected chi connectivity index (χ3v) is 3.91. The Kier molecular flexibility index (Phi) is 5.40. The molecule has 6 nitrogen and oxygen atoms in total. The first-order valence-corrected chi connectivity index (χ1v) is 7.16. The first-order chi connectivity index (χ1) is 8.04. The molecule has 1 heterocycles. The summed E-state index contributed by atoms with van der Waals surface area (Å²) in [6.07, 6.45) is 1.11. The minimum Gasteiger partial charge on any atom is -0.480 e. The van der Waals surface area contributed by atoms with Gasteiger partial charge in [-0.3, -0.25) is 4.21 Å². The maximum atomic E-state index is 11.7. The molecule has 0 unspecified atom stereocenters. The standard InChI is InChI=1S/C10H18N2O4S/c1-2-3-8(9(13)14)11-10(15)12-4-6-17(16)7-5-12/h8H,2-7H2,1H3,(H,11,15)(H,13,14)/t8-/m0/s1. The molecule has 0 radical (unpaired) electrons. The van der Waals surface area contributed by atoms with E-state index in [0.29, 0.717) is 37.4 Å². The summed E-state index contributed by atoms with van der Waals surface area (Å²) >= 11 is 0. The zero-order valence-corrected chi connectivity index (χ0v) is 10.7. The van der Waals surface area contributed by atoms with Crippen LogP contribution in [0.25, 0.3) is 0 Å². The van der Waals surface area contributed by atoms with E-state index in [4.69, 9.17) is 5.11 Å². The van der Waals surface area contributed by atoms with Crippen LogP contribution < -0.4 is 5.32 Å². The number of aliphatic carboxylic acids is 1. The Hall–Kier alpha value is -1.11. The fourth-order valence-electron chi connectivity index (χ4n) is 1.63. The van der Waals surface area contributed by atoms with Crippen LogP contribution >= 0.6 is 0 Å². The lowest BCUT2D eigenvalue weighted by Gasteiger charge is -2.27. The number of urea groups is 1. The van der Waals surface area contributed by atoms with Gasteiger partial charge < -0.3 is 15.3 Å². The molecule has 0 bridgehead atoms. The maximum Gasteiger partial charge on any atom is 0.326 e. The van der Waals surface area contributed by atoms with E-state index in [1.807, 2.05) is 6.92 Å². The quantitative estimate of drug-likeness (QED) is 0.747. The minimum absolute atomic E-state index is 0.373. The van der Waals surface area contributed by atoms with E-state index >= 15 is 0 Å². The molecule has 1 rings (SSSR count). The van der Waals surface area contributed by atoms with Crippen LogP contribution in [0.5, 0.6) is 0 Å². The Bertz CT molecular complexity index is 311. The molecule has 98 valence electrons. The highest BCUT2D eigenvalue weighted by molar-refractivity contribution is 7.85. The summed E-state index contributed by atoms with van der Waals surface area (Å²) < 4.78 is 11.1. The molecule has 1 aliphatic heterocycles. The van der Waals surface area contributed by atoms with Crippen molar-refractivity contribution < 1.29 is 18.9 Å². The van der Waals surface area contributed by atoms with Gasteiger partial charge in [-0.25, -0.2) is 9.59 Å². The van der Waals surface area contributed by atoms with Crippen LogP contribution in [0.4, 0.5) is 4.79 Å². The highest BCUT2D eigenvalue weighted by atomic mass is 32.2. The van der Waals surface area contributed by atoms with E-state index in [1.165, 1.54) is 4.90 Å². The molecule has 0 aliphatic carbocycles. The maximum absolute atomic E-state index is 11.7. The zero-order valence-electron chi connectivity index (χ0n) is 9.85. The number of rotatable bonds is 4. The number of carboxylic acids is 1. The van der Waals surface area contributed by atoms with Gasteiger partial charge in [-0.1, -0.05) is 13.3 Å². The summed E-state index contributed by atoms with van der Waals surface area (Å²) in [7, 11) is -0.840. The van der Waals surface area contributed by atoms with E-state index in [2.05, 4.69) is 5.32 Å². The average molecular weight is 262 g/mol. The second kappa shape index (κ2) is 6.58. The molecule has 0 aromatic heterocycles. The first kappa shape index (κ1) is 14.0. The predicted molar refractivity (Wildman–Crippen MR) is 64.3 cm³/mol. The van der Waals surface area contributed by atoms with Crippen LogP contribution in [0.15, 0.2) is 0 Å². The van der Waals surface area contributed by atoms with Gasteiger partial charge in [0.2, 0.25) is 0 Å². The van der Waals surface area contributed by atoms with Crippen molar-refractivity contribution in [2.45, 2.75) is 25.8 Å². The molecule has 0 saturated carbocycles. The van der Waals surface area contributed by atoms with Crippen molar-refractivity contribution in [2.75, 3.05) is 24.6 Å². The second-order valence-corrected chi connectivity index (χ2v) is 5.66. The molecule has 17 heavy (non-hydrogen) atoms. The number of carbonyl (C=O) groups is 2. The van der Waals surface area contributed by atoms with Crippen LogP contribution in [0, 0.1) is 0 Å². The zero-order chi connectivity index (χ0) is 12.8. The van der Waals surface area contributed by atoms with Crippen LogP contribution in [-0.4, -0.2) is 56.9 Å². The Labute approximate surface area is 103 Å². The van der Waals surface area contributed by atoms with Crippen molar-refractivity contribution in [2.24, 2.45) is 0 Å². The third kappa shape index (κ3) is 4.33. The molecule has 0 aromatic carbocycles. The molecule has 1 aliphatic rings. The number of nitrogens with one attached hydrogen (secondary N) is 1. The van der Waals surface area contributed by atoms with Gasteiger partial charge in [-0.15, -0.1) is 0 Å². The van der Waals surface area contributed by atoms with Gasteiger partial charge in [-0.05, 0) is 6.42 Å². The summed E-state index contributed by atoms with van der Waals surface area (Å²) in [6.45, 7) is 2.72. The normalized spacial score (nSPS) is 18.8. The van der Waals surface area contributed by atoms with Crippen LogP contribution in [0.1, 0.15) is 19.8 Å². The van der Waals surface area contributed by atoms with E-state index in [9.17, 15) is 13.8 Å². The smallest absolute Gasteiger partial charge is 0.326 e. The van der Waals surface area contributed by atoms with Gasteiger partial charge in [0.1, 0.15) is 6.04 Å². The number of hydrogen-bond donors (Lipinski definition) is 2. The monoisotopic (exact) mass is 262 g/mol. The van der Waals surface area contributed by atoms with Gasteiger partial charge in [0.25, 0.3) is 0 Å². The minimum atomic E-state index is -1.01. The lowest BCUT2D eigenvalue weighted by molar-refractivity contribution is -0.139. The average Bonchev–Trinajstić information content (AvgIpc) is 2.29. The van der Waals surface area contributed by atoms with Gasteiger partial charge >= 0.3 is 12.0 Å². The summed E-state index contributed by atoms with van der Waals surface area (Å²) in [5, 5.41) is 11.4. The molecule has 1 atom stereocenters. The molecule has 1 fully saturated rings. The lowest BCUT2D eigenvalue weighted by Crippen LogP contribution is -2.51. The predicted octanol–water partition coefficient (Wildman–Crippen LogP) is 0.0136. The van der Waals surface area contributed by atoms with Gasteiger partial charge in [0.05, 0.1) is 0 Å². The van der Waals surface area contributed by atoms with Gasteiger partial charge in [0.15, 0.2) is 0 Å². The summed E-state index contributed by atoms with van der Waals surface area (Å²) in [5.74, 6) is -0.0708. The summed E-state index contributed by atoms with van der Waals surface area (Å²) in [4.78, 5) is 24.1. The van der Waals surface area contributed by atoms with E-state index in [1.54, 1.807) is 0 Å². The topological polar surface area (TPSA) is 86.7 Å². The number of nitrogens with zero attached hydrogens (tertiary/aromatic N) is 1. The number of amides is 2. The van der Waals surface area contributed by atoms with Crippen LogP contribution in [-0.2, 0) is 15.6 Å². The van der Waals surface area contributed by atoms with Crippen LogP contribution in [0.2, 0.25) is 0 Å². The Balaban J connectivity index is 2.46. The van der Waals surface area contributed by atoms with E-state index < -0.39 is 22.8 Å². The summed E-state index contributed by atoms with van der Waals surface area (Å²) in [5.41, 5.74) is 0. The van der Waals surface area contributed by atoms with Crippen molar-refractivity contribution in [3.8, 4) is 0 Å². The van der Waals surface area contributed by atoms with Crippen molar-refractivity contribution in [1.29, 1.82) is 0 Å². The fourth-order valence-corrected chi connectivity index (χ4v) is 2.68. The number of carbonyl (C=O) groups excluding carboxylic acids is 1. The molecule has 7 heteroatoms. The van der Waals surface area contributed by atoms with Gasteiger partial charge in [-0.2, -0.15) is 0 Å². The van der Waals surface area contributed by atoms with Gasteiger partial charge in [0, 0.05) is 35.4 Å². The van der Waals surface area contributed by atoms with Crippen molar-refractivity contribution >= 4 is 22.8 Å². The van der Waals surface area contributed by atoms with Crippen LogP contribution in [0.3, 0.4) is 0 Å². The highest BCUT2D eigenvalue weighted by Crippen LogP contribution is 2.03. The summed E-state index contributed by atoms with van der Waals surface area (Å²) in [6, 6.07) is -1.21. The molecule has 2 N–H and O–H groups in total. The molecule has 0 spiro atoms. The Morgan fingerprint density at radius 2 is 2.00 bits per heavy atom. The number of hydrogen-bond acceptors (Lipinski definition) is 3. The van der Waals surface area contributed by atoms with E-state index in [-0.39, 0.29) is 6.03 Å². The first-order valence-electron chi connectivity index (χ1n) is 5.67. The molecule has 2 amide bonds. The second-order valence-electron chi connectivity index (χ2n) is 3.96. The SMILES string of the molecule is CCC[C@H](NC(=O)N1CCS(=O)CC1)C(=O)O. The van der Waals surface area contributed by atoms with Crippen molar-refractivity contribution in [1.82, 2.24) is 10.2 Å². The Morgan fingerprint density at radius 3 is 2.47 bits per heavy atom. The molecular weight excluding hydrogens is 244 g/mol. The van der Waals surface area contributed by atoms with E-state index in [0.717, 1.165) is 0 Å². The van der Waals surface area contributed by atoms with Crippen molar-refractivity contribution in [3.05, 3.63) is 0 Å². The Morgan fingerprint density at radius 1 is 1.41 bits per heavy atom. The fraction of sp³-hybridized carbons (Fsp3) is 0.800. The largest absolute Gasteiger partial charge is 0.480 e. The molecule has 0 aromatic rings. The third-order valence-electron chi connectivity index (χ3n) is 2.64. The lowest BCUT2D eigenvalue weighted by atomic mass is 10.2.